The van der Waals surface area contributed by atoms with Crippen molar-refractivity contribution in [1.29, 1.82) is 0 Å². The summed E-state index contributed by atoms with van der Waals surface area (Å²) < 4.78 is 28.1. The van der Waals surface area contributed by atoms with E-state index in [9.17, 15) is 8.42 Å². The molecule has 0 amide bonds. The maximum Gasteiger partial charge on any atom is 0.250 e. The van der Waals surface area contributed by atoms with E-state index in [-0.39, 0.29) is 6.04 Å². The van der Waals surface area contributed by atoms with Crippen molar-refractivity contribution in [3.63, 3.8) is 0 Å². The fourth-order valence-corrected chi connectivity index (χ4v) is 5.92. The van der Waals surface area contributed by atoms with Gasteiger partial charge >= 0.3 is 0 Å². The Morgan fingerprint density at radius 1 is 1.37 bits per heavy atom. The van der Waals surface area contributed by atoms with Gasteiger partial charge in [-0.1, -0.05) is 35.7 Å². The molecule has 108 valence electrons. The van der Waals surface area contributed by atoms with E-state index in [0.29, 0.717) is 10.1 Å². The van der Waals surface area contributed by atoms with Crippen molar-refractivity contribution in [1.82, 2.24) is 4.72 Å². The highest BCUT2D eigenvalue weighted by molar-refractivity contribution is 9.09. The zero-order valence-electron chi connectivity index (χ0n) is 11.1. The van der Waals surface area contributed by atoms with Crippen LogP contribution in [0.3, 0.4) is 0 Å². The van der Waals surface area contributed by atoms with E-state index in [0.717, 1.165) is 35.9 Å². The molecule has 1 N–H and O–H groups in total. The first-order chi connectivity index (χ1) is 9.06. The average molecular weight is 366 g/mol. The first kappa shape index (κ1) is 15.5. The molecular formula is C13H20BrNO2S2. The lowest BCUT2D eigenvalue weighted by Crippen LogP contribution is -2.42. The van der Waals surface area contributed by atoms with Crippen LogP contribution in [0.25, 0.3) is 0 Å². The van der Waals surface area contributed by atoms with E-state index in [2.05, 4.69) is 20.7 Å². The van der Waals surface area contributed by atoms with Crippen LogP contribution in [0.15, 0.2) is 16.3 Å². The molecule has 1 fully saturated rings. The second-order valence-corrected chi connectivity index (χ2v) is 8.76. The number of nitrogens with one attached hydrogen (secondary N) is 1. The van der Waals surface area contributed by atoms with E-state index in [1.807, 2.05) is 13.0 Å². The molecule has 1 aliphatic rings. The molecule has 19 heavy (non-hydrogen) atoms. The fraction of sp³-hybridized carbons (Fsp3) is 0.692. The molecule has 2 rings (SSSR count). The van der Waals surface area contributed by atoms with Crippen molar-refractivity contribution in [2.24, 2.45) is 5.92 Å². The summed E-state index contributed by atoms with van der Waals surface area (Å²) in [6.45, 7) is 2.04. The molecule has 0 saturated heterocycles. The highest BCUT2D eigenvalue weighted by atomic mass is 79.9. The number of hydrogen-bond acceptors (Lipinski definition) is 3. The minimum Gasteiger partial charge on any atom is -0.207 e. The summed E-state index contributed by atoms with van der Waals surface area (Å²) in [5.41, 5.74) is 0. The number of sulfonamides is 1. The van der Waals surface area contributed by atoms with Crippen LogP contribution in [-0.4, -0.2) is 19.8 Å². The van der Waals surface area contributed by atoms with Crippen LogP contribution in [0, 0.1) is 5.92 Å². The molecule has 6 heteroatoms. The second kappa shape index (κ2) is 6.70. The first-order valence-electron chi connectivity index (χ1n) is 6.74. The molecule has 1 aliphatic carbocycles. The predicted octanol–water partition coefficient (Wildman–Crippen LogP) is 3.54. The Labute approximate surface area is 128 Å². The highest BCUT2D eigenvalue weighted by Crippen LogP contribution is 2.28. The number of thiophene rings is 1. The first-order valence-corrected chi connectivity index (χ1v) is 10.2. The highest BCUT2D eigenvalue weighted by Gasteiger charge is 2.29. The van der Waals surface area contributed by atoms with Crippen molar-refractivity contribution < 1.29 is 8.42 Å². The van der Waals surface area contributed by atoms with Gasteiger partial charge in [0.25, 0.3) is 0 Å². The summed E-state index contributed by atoms with van der Waals surface area (Å²) in [6.07, 6.45) is 5.24. The largest absolute Gasteiger partial charge is 0.250 e. The molecule has 0 aromatic carbocycles. The Morgan fingerprint density at radius 2 is 2.11 bits per heavy atom. The van der Waals surface area contributed by atoms with Gasteiger partial charge in [-0.25, -0.2) is 13.1 Å². The lowest BCUT2D eigenvalue weighted by atomic mass is 9.87. The molecule has 0 radical (unpaired) electrons. The molecule has 0 spiro atoms. The van der Waals surface area contributed by atoms with Gasteiger partial charge in [-0.3, -0.25) is 0 Å². The van der Waals surface area contributed by atoms with Crippen molar-refractivity contribution in [2.75, 3.05) is 5.33 Å². The third kappa shape index (κ3) is 3.80. The van der Waals surface area contributed by atoms with Crippen molar-refractivity contribution in [3.05, 3.63) is 17.0 Å². The summed E-state index contributed by atoms with van der Waals surface area (Å²) in [6, 6.07) is 3.70. The van der Waals surface area contributed by atoms with Crippen molar-refractivity contribution in [3.8, 4) is 0 Å². The standard InChI is InChI=1S/C13H20BrNO2S2/c1-2-11-7-8-13(18-11)19(16,17)15-12-6-4-3-5-10(12)9-14/h7-8,10,12,15H,2-6,9H2,1H3. The summed E-state index contributed by atoms with van der Waals surface area (Å²) >= 11 is 4.87. The van der Waals surface area contributed by atoms with Gasteiger partial charge in [0, 0.05) is 16.2 Å². The topological polar surface area (TPSA) is 46.2 Å². The van der Waals surface area contributed by atoms with Crippen LogP contribution in [0.4, 0.5) is 0 Å². The van der Waals surface area contributed by atoms with Crippen LogP contribution in [0.5, 0.6) is 0 Å². The molecule has 1 aromatic heterocycles. The summed E-state index contributed by atoms with van der Waals surface area (Å²) in [4.78, 5) is 1.11. The fourth-order valence-electron chi connectivity index (χ4n) is 2.50. The lowest BCUT2D eigenvalue weighted by molar-refractivity contribution is 0.317. The zero-order chi connectivity index (χ0) is 13.9. The number of aryl methyl sites for hydroxylation is 1. The van der Waals surface area contributed by atoms with E-state index in [1.165, 1.54) is 17.8 Å². The van der Waals surface area contributed by atoms with Gasteiger partial charge in [0.15, 0.2) is 0 Å². The van der Waals surface area contributed by atoms with Crippen molar-refractivity contribution in [2.45, 2.75) is 49.3 Å². The molecule has 1 saturated carbocycles. The van der Waals surface area contributed by atoms with E-state index in [1.54, 1.807) is 6.07 Å². The number of rotatable bonds is 5. The molecule has 0 aliphatic heterocycles. The van der Waals surface area contributed by atoms with Crippen LogP contribution < -0.4 is 4.72 Å². The molecule has 2 atom stereocenters. The van der Waals surface area contributed by atoms with Gasteiger partial charge in [-0.05, 0) is 37.3 Å². The van der Waals surface area contributed by atoms with E-state index in [4.69, 9.17) is 0 Å². The maximum absolute atomic E-state index is 12.4. The minimum atomic E-state index is -3.34. The smallest absolute Gasteiger partial charge is 0.207 e. The lowest BCUT2D eigenvalue weighted by Gasteiger charge is -2.30. The zero-order valence-corrected chi connectivity index (χ0v) is 14.3. The summed E-state index contributed by atoms with van der Waals surface area (Å²) in [5, 5.41) is 0.866. The Hall–Kier alpha value is 0.0900. The minimum absolute atomic E-state index is 0.0744. The SMILES string of the molecule is CCc1ccc(S(=O)(=O)NC2CCCCC2CBr)s1. The summed E-state index contributed by atoms with van der Waals surface area (Å²) in [5.74, 6) is 0.411. The van der Waals surface area contributed by atoms with Gasteiger partial charge in [0.1, 0.15) is 4.21 Å². The Kier molecular flexibility index (Phi) is 5.45. The van der Waals surface area contributed by atoms with Gasteiger partial charge in [-0.15, -0.1) is 11.3 Å². The molecule has 1 heterocycles. The van der Waals surface area contributed by atoms with Gasteiger partial charge in [0.2, 0.25) is 10.0 Å². The number of alkyl halides is 1. The molecule has 3 nitrogen and oxygen atoms in total. The second-order valence-electron chi connectivity index (χ2n) is 5.00. The third-order valence-corrected chi connectivity index (χ3v) is 7.71. The molecule has 1 aromatic rings. The van der Waals surface area contributed by atoms with Crippen LogP contribution >= 0.6 is 27.3 Å². The average Bonchev–Trinajstić information content (AvgIpc) is 2.88. The van der Waals surface area contributed by atoms with Gasteiger partial charge < -0.3 is 0 Å². The summed E-state index contributed by atoms with van der Waals surface area (Å²) in [7, 11) is -3.34. The quantitative estimate of drug-likeness (QED) is 0.811. The molecular weight excluding hydrogens is 346 g/mol. The monoisotopic (exact) mass is 365 g/mol. The molecule has 2 unspecified atom stereocenters. The van der Waals surface area contributed by atoms with Crippen LogP contribution in [0.2, 0.25) is 0 Å². The maximum atomic E-state index is 12.4. The van der Waals surface area contributed by atoms with Gasteiger partial charge in [0.05, 0.1) is 0 Å². The van der Waals surface area contributed by atoms with Crippen LogP contribution in [0.1, 0.15) is 37.5 Å². The Morgan fingerprint density at radius 3 is 2.74 bits per heavy atom. The number of hydrogen-bond donors (Lipinski definition) is 1. The van der Waals surface area contributed by atoms with Crippen molar-refractivity contribution >= 4 is 37.3 Å². The van der Waals surface area contributed by atoms with Gasteiger partial charge in [-0.2, -0.15) is 0 Å². The van der Waals surface area contributed by atoms with E-state index < -0.39 is 10.0 Å². The van der Waals surface area contributed by atoms with Crippen LogP contribution in [-0.2, 0) is 16.4 Å². The Bertz CT molecular complexity index is 512. The molecule has 0 bridgehead atoms. The van der Waals surface area contributed by atoms with E-state index >= 15 is 0 Å². The normalized spacial score (nSPS) is 24.5. The predicted molar refractivity (Wildman–Crippen MR) is 83.6 cm³/mol. The third-order valence-electron chi connectivity index (χ3n) is 3.66. The Balaban J connectivity index is 2.11. The number of halogens is 1.